The molecule has 0 aromatic heterocycles. The number of rotatable bonds is 4. The number of benzene rings is 1. The first-order chi connectivity index (χ1) is 8.09. The molecule has 1 aliphatic rings. The van der Waals surface area contributed by atoms with Crippen LogP contribution in [0.1, 0.15) is 12.0 Å². The summed E-state index contributed by atoms with van der Waals surface area (Å²) in [6, 6.07) is 5.03. The standard InChI is InChI=1S/C12H15BrFNOS/c13-10-2-1-9(11(14)5-10)6-15-7-12(16)3-4-17-8-12/h1-2,5,15-16H,3-4,6-8H2. The molecular formula is C12H15BrFNOS. The van der Waals surface area contributed by atoms with Crippen LogP contribution in [-0.4, -0.2) is 28.8 Å². The van der Waals surface area contributed by atoms with Crippen molar-refractivity contribution in [2.45, 2.75) is 18.6 Å². The summed E-state index contributed by atoms with van der Waals surface area (Å²) in [7, 11) is 0. The zero-order valence-corrected chi connectivity index (χ0v) is 11.8. The lowest BCUT2D eigenvalue weighted by atomic mass is 10.0. The first-order valence-electron chi connectivity index (χ1n) is 5.54. The fourth-order valence-corrected chi connectivity index (χ4v) is 3.46. The fourth-order valence-electron chi connectivity index (χ4n) is 1.83. The van der Waals surface area contributed by atoms with Crippen LogP contribution in [0.5, 0.6) is 0 Å². The molecule has 17 heavy (non-hydrogen) atoms. The van der Waals surface area contributed by atoms with E-state index >= 15 is 0 Å². The molecule has 1 atom stereocenters. The van der Waals surface area contributed by atoms with Crippen molar-refractivity contribution in [3.8, 4) is 0 Å². The molecule has 0 spiro atoms. The lowest BCUT2D eigenvalue weighted by Crippen LogP contribution is -2.40. The Morgan fingerprint density at radius 2 is 2.35 bits per heavy atom. The first kappa shape index (κ1) is 13.3. The smallest absolute Gasteiger partial charge is 0.128 e. The molecule has 1 aromatic rings. The SMILES string of the molecule is OC1(CNCc2ccc(Br)cc2F)CCSC1. The van der Waals surface area contributed by atoms with E-state index in [4.69, 9.17) is 0 Å². The Balaban J connectivity index is 1.85. The second-order valence-corrected chi connectivity index (χ2v) is 6.39. The van der Waals surface area contributed by atoms with Crippen molar-refractivity contribution in [1.29, 1.82) is 0 Å². The summed E-state index contributed by atoms with van der Waals surface area (Å²) in [6.45, 7) is 0.974. The van der Waals surface area contributed by atoms with E-state index in [0.717, 1.165) is 22.4 Å². The van der Waals surface area contributed by atoms with Crippen LogP contribution < -0.4 is 5.32 Å². The minimum atomic E-state index is -0.615. The van der Waals surface area contributed by atoms with E-state index in [-0.39, 0.29) is 5.82 Å². The van der Waals surface area contributed by atoms with Crippen molar-refractivity contribution in [1.82, 2.24) is 5.32 Å². The van der Waals surface area contributed by atoms with Gasteiger partial charge in [-0.05, 0) is 24.3 Å². The predicted molar refractivity (Wildman–Crippen MR) is 72.7 cm³/mol. The average Bonchev–Trinajstić information content (AvgIpc) is 2.69. The zero-order chi connectivity index (χ0) is 12.3. The van der Waals surface area contributed by atoms with Crippen molar-refractivity contribution in [3.63, 3.8) is 0 Å². The highest BCUT2D eigenvalue weighted by molar-refractivity contribution is 9.10. The largest absolute Gasteiger partial charge is 0.388 e. The molecule has 1 saturated heterocycles. The molecule has 1 fully saturated rings. The quantitative estimate of drug-likeness (QED) is 0.894. The Morgan fingerprint density at radius 1 is 1.53 bits per heavy atom. The van der Waals surface area contributed by atoms with Crippen molar-refractivity contribution in [2.24, 2.45) is 0 Å². The molecule has 0 saturated carbocycles. The van der Waals surface area contributed by atoms with Gasteiger partial charge < -0.3 is 10.4 Å². The van der Waals surface area contributed by atoms with E-state index in [9.17, 15) is 9.50 Å². The van der Waals surface area contributed by atoms with Gasteiger partial charge in [0.15, 0.2) is 0 Å². The van der Waals surface area contributed by atoms with Crippen LogP contribution in [-0.2, 0) is 6.54 Å². The van der Waals surface area contributed by atoms with Gasteiger partial charge in [0.1, 0.15) is 5.82 Å². The molecule has 2 rings (SSSR count). The van der Waals surface area contributed by atoms with Crippen LogP contribution in [0, 0.1) is 5.82 Å². The predicted octanol–water partition coefficient (Wildman–Crippen LogP) is 2.55. The molecule has 0 radical (unpaired) electrons. The van der Waals surface area contributed by atoms with Gasteiger partial charge in [-0.25, -0.2) is 4.39 Å². The van der Waals surface area contributed by atoms with Crippen molar-refractivity contribution >= 4 is 27.7 Å². The Bertz CT molecular complexity index is 396. The van der Waals surface area contributed by atoms with Crippen LogP contribution in [0.2, 0.25) is 0 Å². The van der Waals surface area contributed by atoms with Gasteiger partial charge in [0.25, 0.3) is 0 Å². The van der Waals surface area contributed by atoms with Gasteiger partial charge in [-0.15, -0.1) is 0 Å². The Labute approximate surface area is 113 Å². The van der Waals surface area contributed by atoms with E-state index < -0.39 is 5.60 Å². The van der Waals surface area contributed by atoms with E-state index in [1.54, 1.807) is 17.8 Å². The van der Waals surface area contributed by atoms with Crippen LogP contribution in [0.4, 0.5) is 4.39 Å². The molecule has 2 N–H and O–H groups in total. The molecule has 5 heteroatoms. The summed E-state index contributed by atoms with van der Waals surface area (Å²) in [5.74, 6) is 1.55. The molecule has 0 bridgehead atoms. The second-order valence-electron chi connectivity index (χ2n) is 4.37. The molecule has 0 aliphatic carbocycles. The maximum absolute atomic E-state index is 13.5. The lowest BCUT2D eigenvalue weighted by Gasteiger charge is -2.21. The minimum Gasteiger partial charge on any atom is -0.388 e. The summed E-state index contributed by atoms with van der Waals surface area (Å²) in [4.78, 5) is 0. The highest BCUT2D eigenvalue weighted by Gasteiger charge is 2.30. The van der Waals surface area contributed by atoms with Crippen LogP contribution in [0.3, 0.4) is 0 Å². The number of hydrogen-bond acceptors (Lipinski definition) is 3. The third-order valence-corrected chi connectivity index (χ3v) is 4.59. The van der Waals surface area contributed by atoms with Crippen molar-refractivity contribution in [2.75, 3.05) is 18.1 Å². The maximum atomic E-state index is 13.5. The van der Waals surface area contributed by atoms with Crippen molar-refractivity contribution in [3.05, 3.63) is 34.1 Å². The normalized spacial score (nSPS) is 24.2. The average molecular weight is 320 g/mol. The Morgan fingerprint density at radius 3 is 3.00 bits per heavy atom. The third kappa shape index (κ3) is 3.68. The molecule has 1 heterocycles. The van der Waals surface area contributed by atoms with E-state index in [1.807, 2.05) is 6.07 Å². The molecule has 2 nitrogen and oxygen atoms in total. The number of thioether (sulfide) groups is 1. The molecule has 0 amide bonds. The fraction of sp³-hybridized carbons (Fsp3) is 0.500. The van der Waals surface area contributed by atoms with Crippen LogP contribution >= 0.6 is 27.7 Å². The molecule has 1 aliphatic heterocycles. The molecule has 1 unspecified atom stereocenters. The maximum Gasteiger partial charge on any atom is 0.128 e. The Kier molecular flexibility index (Phi) is 4.47. The van der Waals surface area contributed by atoms with Gasteiger partial charge in [-0.2, -0.15) is 11.8 Å². The first-order valence-corrected chi connectivity index (χ1v) is 7.49. The summed E-state index contributed by atoms with van der Waals surface area (Å²) >= 11 is 4.99. The topological polar surface area (TPSA) is 32.3 Å². The van der Waals surface area contributed by atoms with Gasteiger partial charge in [0, 0.05) is 28.9 Å². The second kappa shape index (κ2) is 5.69. The summed E-state index contributed by atoms with van der Waals surface area (Å²) in [5, 5.41) is 13.2. The number of halogens is 2. The summed E-state index contributed by atoms with van der Waals surface area (Å²) < 4.78 is 14.3. The van der Waals surface area contributed by atoms with E-state index in [1.165, 1.54) is 6.07 Å². The van der Waals surface area contributed by atoms with Gasteiger partial charge in [-0.1, -0.05) is 22.0 Å². The van der Waals surface area contributed by atoms with E-state index in [0.29, 0.717) is 18.7 Å². The molecular weight excluding hydrogens is 305 g/mol. The van der Waals surface area contributed by atoms with Crippen molar-refractivity contribution < 1.29 is 9.50 Å². The number of hydrogen-bond donors (Lipinski definition) is 2. The van der Waals surface area contributed by atoms with Gasteiger partial charge in [0.05, 0.1) is 5.60 Å². The highest BCUT2D eigenvalue weighted by atomic mass is 79.9. The minimum absolute atomic E-state index is 0.223. The number of aliphatic hydroxyl groups is 1. The summed E-state index contributed by atoms with van der Waals surface area (Å²) in [5.41, 5.74) is 0.0127. The number of nitrogens with one attached hydrogen (secondary N) is 1. The molecule has 1 aromatic carbocycles. The Hall–Kier alpha value is -0.100. The third-order valence-electron chi connectivity index (χ3n) is 2.87. The van der Waals surface area contributed by atoms with E-state index in [2.05, 4.69) is 21.2 Å². The lowest BCUT2D eigenvalue weighted by molar-refractivity contribution is 0.0674. The van der Waals surface area contributed by atoms with Gasteiger partial charge >= 0.3 is 0 Å². The monoisotopic (exact) mass is 319 g/mol. The molecule has 94 valence electrons. The highest BCUT2D eigenvalue weighted by Crippen LogP contribution is 2.27. The van der Waals surface area contributed by atoms with Crippen LogP contribution in [0.25, 0.3) is 0 Å². The van der Waals surface area contributed by atoms with Gasteiger partial charge in [0.2, 0.25) is 0 Å². The zero-order valence-electron chi connectivity index (χ0n) is 9.38. The van der Waals surface area contributed by atoms with Gasteiger partial charge in [-0.3, -0.25) is 0 Å². The summed E-state index contributed by atoms with van der Waals surface area (Å²) in [6.07, 6.45) is 0.813. The van der Waals surface area contributed by atoms with Crippen LogP contribution in [0.15, 0.2) is 22.7 Å².